The lowest BCUT2D eigenvalue weighted by Crippen LogP contribution is -2.32. The average Bonchev–Trinajstić information content (AvgIpc) is 3.32. The van der Waals surface area contributed by atoms with Gasteiger partial charge in [0, 0.05) is 17.1 Å². The van der Waals surface area contributed by atoms with Gasteiger partial charge < -0.3 is 4.90 Å². The minimum absolute atomic E-state index is 0.118. The lowest BCUT2D eigenvalue weighted by Gasteiger charge is -2.23. The molecular formula is C17H15BrFNO. The van der Waals surface area contributed by atoms with Gasteiger partial charge in [-0.15, -0.1) is 0 Å². The monoisotopic (exact) mass is 347 g/mol. The first-order valence-electron chi connectivity index (χ1n) is 6.95. The standard InChI is InChI=1S/C17H15BrFNO/c18-16-9-6-13(19)10-15(16)17(21)20(14-7-8-14)11-12-4-2-1-3-5-12/h1-6,9-10,14H,7-8,11H2. The molecule has 0 bridgehead atoms. The molecule has 0 atom stereocenters. The zero-order valence-corrected chi connectivity index (χ0v) is 13.0. The van der Waals surface area contributed by atoms with Gasteiger partial charge in [0.2, 0.25) is 0 Å². The second-order valence-corrected chi connectivity index (χ2v) is 6.13. The van der Waals surface area contributed by atoms with Gasteiger partial charge in [0.1, 0.15) is 5.82 Å². The van der Waals surface area contributed by atoms with E-state index in [0.29, 0.717) is 16.6 Å². The second kappa shape index (κ2) is 5.98. The quantitative estimate of drug-likeness (QED) is 0.802. The van der Waals surface area contributed by atoms with Crippen LogP contribution in [0.1, 0.15) is 28.8 Å². The number of amides is 1. The summed E-state index contributed by atoms with van der Waals surface area (Å²) < 4.78 is 14.1. The average molecular weight is 348 g/mol. The summed E-state index contributed by atoms with van der Waals surface area (Å²) in [6.07, 6.45) is 2.04. The van der Waals surface area contributed by atoms with Crippen molar-refractivity contribution < 1.29 is 9.18 Å². The van der Waals surface area contributed by atoms with Crippen LogP contribution in [0.4, 0.5) is 4.39 Å². The molecule has 2 aromatic carbocycles. The molecule has 0 heterocycles. The molecule has 1 aliphatic rings. The third-order valence-corrected chi connectivity index (χ3v) is 4.29. The Morgan fingerprint density at radius 1 is 1.19 bits per heavy atom. The third kappa shape index (κ3) is 3.32. The molecule has 2 aromatic rings. The minimum Gasteiger partial charge on any atom is -0.331 e. The van der Waals surface area contributed by atoms with Gasteiger partial charge in [-0.2, -0.15) is 0 Å². The topological polar surface area (TPSA) is 20.3 Å². The van der Waals surface area contributed by atoms with E-state index in [1.807, 2.05) is 35.2 Å². The van der Waals surface area contributed by atoms with Gasteiger partial charge in [0.15, 0.2) is 0 Å². The van der Waals surface area contributed by atoms with E-state index >= 15 is 0 Å². The molecule has 0 spiro atoms. The molecule has 2 nitrogen and oxygen atoms in total. The van der Waals surface area contributed by atoms with Gasteiger partial charge >= 0.3 is 0 Å². The minimum atomic E-state index is -0.392. The predicted octanol–water partition coefficient (Wildman–Crippen LogP) is 4.39. The molecule has 1 amide bonds. The van der Waals surface area contributed by atoms with E-state index in [1.54, 1.807) is 6.07 Å². The number of hydrogen-bond donors (Lipinski definition) is 0. The molecule has 0 radical (unpaired) electrons. The maximum absolute atomic E-state index is 13.4. The molecule has 1 aliphatic carbocycles. The van der Waals surface area contributed by atoms with Crippen molar-refractivity contribution in [1.29, 1.82) is 0 Å². The zero-order chi connectivity index (χ0) is 14.8. The molecule has 0 unspecified atom stereocenters. The summed E-state index contributed by atoms with van der Waals surface area (Å²) in [5.74, 6) is -0.510. The fourth-order valence-corrected chi connectivity index (χ4v) is 2.77. The Morgan fingerprint density at radius 3 is 2.57 bits per heavy atom. The highest BCUT2D eigenvalue weighted by Crippen LogP contribution is 2.31. The van der Waals surface area contributed by atoms with Gasteiger partial charge in [-0.25, -0.2) is 4.39 Å². The molecule has 4 heteroatoms. The number of carbonyl (C=O) groups excluding carboxylic acids is 1. The molecule has 0 saturated heterocycles. The third-order valence-electron chi connectivity index (χ3n) is 3.60. The Kier molecular flexibility index (Phi) is 4.06. The largest absolute Gasteiger partial charge is 0.331 e. The first-order valence-corrected chi connectivity index (χ1v) is 7.74. The van der Waals surface area contributed by atoms with Crippen molar-refractivity contribution in [2.24, 2.45) is 0 Å². The van der Waals surface area contributed by atoms with Gasteiger partial charge in [0.25, 0.3) is 5.91 Å². The van der Waals surface area contributed by atoms with Crippen molar-refractivity contribution in [1.82, 2.24) is 4.90 Å². The summed E-state index contributed by atoms with van der Waals surface area (Å²) in [6, 6.07) is 14.4. The van der Waals surface area contributed by atoms with E-state index in [2.05, 4.69) is 15.9 Å². The van der Waals surface area contributed by atoms with E-state index in [9.17, 15) is 9.18 Å². The van der Waals surface area contributed by atoms with Crippen LogP contribution < -0.4 is 0 Å². The molecule has 1 fully saturated rings. The normalized spacial score (nSPS) is 14.0. The van der Waals surface area contributed by atoms with Gasteiger partial charge in [-0.05, 0) is 52.5 Å². The number of halogens is 2. The van der Waals surface area contributed by atoms with Gasteiger partial charge in [-0.1, -0.05) is 30.3 Å². The van der Waals surface area contributed by atoms with Crippen LogP contribution in [-0.4, -0.2) is 16.8 Å². The van der Waals surface area contributed by atoms with Crippen molar-refractivity contribution in [3.8, 4) is 0 Å². The summed E-state index contributed by atoms with van der Waals surface area (Å²) in [5.41, 5.74) is 1.48. The summed E-state index contributed by atoms with van der Waals surface area (Å²) in [5, 5.41) is 0. The lowest BCUT2D eigenvalue weighted by molar-refractivity contribution is 0.0728. The Balaban J connectivity index is 1.87. The van der Waals surface area contributed by atoms with Gasteiger partial charge in [-0.3, -0.25) is 4.79 Å². The maximum Gasteiger partial charge on any atom is 0.255 e. The zero-order valence-electron chi connectivity index (χ0n) is 11.4. The molecule has 0 N–H and O–H groups in total. The first kappa shape index (κ1) is 14.3. The first-order chi connectivity index (χ1) is 10.1. The number of benzene rings is 2. The van der Waals surface area contributed by atoms with Crippen LogP contribution in [0, 0.1) is 5.82 Å². The van der Waals surface area contributed by atoms with Crippen LogP contribution in [0.2, 0.25) is 0 Å². The Morgan fingerprint density at radius 2 is 1.90 bits per heavy atom. The highest BCUT2D eigenvalue weighted by molar-refractivity contribution is 9.10. The number of rotatable bonds is 4. The van der Waals surface area contributed by atoms with Crippen LogP contribution in [0.5, 0.6) is 0 Å². The Labute approximate surface area is 131 Å². The fraction of sp³-hybridized carbons (Fsp3) is 0.235. The summed E-state index contributed by atoms with van der Waals surface area (Å²) in [6.45, 7) is 0.563. The van der Waals surface area contributed by atoms with E-state index < -0.39 is 5.82 Å². The molecule has 21 heavy (non-hydrogen) atoms. The Bertz CT molecular complexity index is 655. The summed E-state index contributed by atoms with van der Waals surface area (Å²) in [7, 11) is 0. The summed E-state index contributed by atoms with van der Waals surface area (Å²) >= 11 is 3.34. The van der Waals surface area contributed by atoms with Gasteiger partial charge in [0.05, 0.1) is 5.56 Å². The fourth-order valence-electron chi connectivity index (χ4n) is 2.35. The van der Waals surface area contributed by atoms with E-state index in [0.717, 1.165) is 18.4 Å². The van der Waals surface area contributed by atoms with Crippen molar-refractivity contribution in [3.05, 3.63) is 69.9 Å². The van der Waals surface area contributed by atoms with Crippen LogP contribution in [-0.2, 0) is 6.54 Å². The highest BCUT2D eigenvalue weighted by Gasteiger charge is 2.33. The van der Waals surface area contributed by atoms with E-state index in [1.165, 1.54) is 12.1 Å². The second-order valence-electron chi connectivity index (χ2n) is 5.27. The molecule has 1 saturated carbocycles. The molecular weight excluding hydrogens is 333 g/mol. The Hall–Kier alpha value is -1.68. The predicted molar refractivity (Wildman–Crippen MR) is 83.4 cm³/mol. The molecule has 0 aromatic heterocycles. The smallest absolute Gasteiger partial charge is 0.255 e. The van der Waals surface area contributed by atoms with Crippen molar-refractivity contribution in [3.63, 3.8) is 0 Å². The van der Waals surface area contributed by atoms with Crippen molar-refractivity contribution in [2.75, 3.05) is 0 Å². The molecule has 108 valence electrons. The molecule has 3 rings (SSSR count). The van der Waals surface area contributed by atoms with Crippen molar-refractivity contribution >= 4 is 21.8 Å². The number of hydrogen-bond acceptors (Lipinski definition) is 1. The lowest BCUT2D eigenvalue weighted by atomic mass is 10.1. The van der Waals surface area contributed by atoms with Crippen LogP contribution >= 0.6 is 15.9 Å². The molecule has 0 aliphatic heterocycles. The van der Waals surface area contributed by atoms with E-state index in [-0.39, 0.29) is 11.9 Å². The van der Waals surface area contributed by atoms with Crippen molar-refractivity contribution in [2.45, 2.75) is 25.4 Å². The van der Waals surface area contributed by atoms with Crippen LogP contribution in [0.3, 0.4) is 0 Å². The highest BCUT2D eigenvalue weighted by atomic mass is 79.9. The summed E-state index contributed by atoms with van der Waals surface area (Å²) in [4.78, 5) is 14.6. The maximum atomic E-state index is 13.4. The van der Waals surface area contributed by atoms with Crippen LogP contribution in [0.15, 0.2) is 53.0 Å². The number of carbonyl (C=O) groups is 1. The van der Waals surface area contributed by atoms with Crippen LogP contribution in [0.25, 0.3) is 0 Å². The SMILES string of the molecule is O=C(c1cc(F)ccc1Br)N(Cc1ccccc1)C1CC1. The number of nitrogens with zero attached hydrogens (tertiary/aromatic N) is 1. The van der Waals surface area contributed by atoms with E-state index in [4.69, 9.17) is 0 Å².